The molecule has 29 heavy (non-hydrogen) atoms. The molecule has 1 aliphatic heterocycles. The first kappa shape index (κ1) is 19.1. The molecule has 1 aromatic carbocycles. The number of hydrogen-bond donors (Lipinski definition) is 0. The van der Waals surface area contributed by atoms with Crippen molar-refractivity contribution in [3.8, 4) is 17.0 Å². The molecule has 0 aliphatic carbocycles. The summed E-state index contributed by atoms with van der Waals surface area (Å²) in [5.41, 5.74) is 3.68. The molecule has 0 bridgehead atoms. The number of ether oxygens (including phenoxy) is 1. The van der Waals surface area contributed by atoms with Gasteiger partial charge in [0.2, 0.25) is 5.91 Å². The second-order valence-electron chi connectivity index (χ2n) is 7.20. The van der Waals surface area contributed by atoms with E-state index < -0.39 is 0 Å². The van der Waals surface area contributed by atoms with E-state index in [0.717, 1.165) is 47.7 Å². The molecule has 0 radical (unpaired) electrons. The fraction of sp³-hybridized carbons (Fsp3) is 0.304. The summed E-state index contributed by atoms with van der Waals surface area (Å²) in [6.45, 7) is 1.44. The molecule has 1 aliphatic rings. The predicted octanol–water partition coefficient (Wildman–Crippen LogP) is 3.50. The largest absolute Gasteiger partial charge is 0.496 e. The van der Waals surface area contributed by atoms with Crippen LogP contribution in [0.25, 0.3) is 11.3 Å². The number of pyridine rings is 1. The van der Waals surface area contributed by atoms with Crippen molar-refractivity contribution in [2.75, 3.05) is 20.2 Å². The van der Waals surface area contributed by atoms with Gasteiger partial charge in [0.05, 0.1) is 24.9 Å². The van der Waals surface area contributed by atoms with Crippen molar-refractivity contribution < 1.29 is 9.53 Å². The van der Waals surface area contributed by atoms with Crippen molar-refractivity contribution in [2.24, 2.45) is 0 Å². The van der Waals surface area contributed by atoms with Gasteiger partial charge in [0.15, 0.2) is 0 Å². The molecular weight excluding hydrogens is 364 g/mol. The van der Waals surface area contributed by atoms with E-state index in [0.29, 0.717) is 13.0 Å². The number of amides is 1. The minimum atomic E-state index is 0.142. The summed E-state index contributed by atoms with van der Waals surface area (Å²) < 4.78 is 5.53. The molecule has 3 aromatic rings. The number of para-hydroxylation sites is 1. The van der Waals surface area contributed by atoms with Gasteiger partial charge in [-0.1, -0.05) is 12.1 Å². The van der Waals surface area contributed by atoms with Crippen molar-refractivity contribution in [3.05, 3.63) is 72.4 Å². The van der Waals surface area contributed by atoms with E-state index >= 15 is 0 Å². The molecule has 0 saturated carbocycles. The number of methoxy groups -OCH3 is 1. The van der Waals surface area contributed by atoms with Gasteiger partial charge >= 0.3 is 0 Å². The summed E-state index contributed by atoms with van der Waals surface area (Å²) >= 11 is 0. The highest BCUT2D eigenvalue weighted by Crippen LogP contribution is 2.35. The number of rotatable bonds is 5. The molecule has 3 heterocycles. The SMILES string of the molecule is COc1ccccc1-c1nccnc1[C@H]1CCCN(C(=O)Cc2ccncc2)C1. The van der Waals surface area contributed by atoms with Crippen LogP contribution in [0.4, 0.5) is 0 Å². The van der Waals surface area contributed by atoms with Crippen molar-refractivity contribution in [1.82, 2.24) is 19.9 Å². The summed E-state index contributed by atoms with van der Waals surface area (Å²) in [6, 6.07) is 11.6. The van der Waals surface area contributed by atoms with Crippen molar-refractivity contribution in [3.63, 3.8) is 0 Å². The average molecular weight is 388 g/mol. The van der Waals surface area contributed by atoms with Gasteiger partial charge in [-0.3, -0.25) is 19.7 Å². The number of aromatic nitrogens is 3. The summed E-state index contributed by atoms with van der Waals surface area (Å²) in [6.07, 6.45) is 9.22. The topological polar surface area (TPSA) is 68.2 Å². The van der Waals surface area contributed by atoms with Crippen LogP contribution in [0.1, 0.15) is 30.0 Å². The lowest BCUT2D eigenvalue weighted by Gasteiger charge is -2.33. The third-order valence-corrected chi connectivity index (χ3v) is 5.35. The lowest BCUT2D eigenvalue weighted by molar-refractivity contribution is -0.131. The molecule has 6 heteroatoms. The van der Waals surface area contributed by atoms with Crippen molar-refractivity contribution in [2.45, 2.75) is 25.2 Å². The highest BCUT2D eigenvalue weighted by Gasteiger charge is 2.28. The van der Waals surface area contributed by atoms with E-state index in [9.17, 15) is 4.79 Å². The second-order valence-corrected chi connectivity index (χ2v) is 7.20. The fourth-order valence-corrected chi connectivity index (χ4v) is 3.91. The van der Waals surface area contributed by atoms with Crippen LogP contribution in [-0.4, -0.2) is 46.0 Å². The van der Waals surface area contributed by atoms with E-state index in [1.165, 1.54) is 0 Å². The van der Waals surface area contributed by atoms with Gasteiger partial charge in [-0.25, -0.2) is 0 Å². The van der Waals surface area contributed by atoms with Crippen LogP contribution in [0, 0.1) is 0 Å². The molecule has 4 rings (SSSR count). The maximum atomic E-state index is 12.8. The number of carbonyl (C=O) groups excluding carboxylic acids is 1. The lowest BCUT2D eigenvalue weighted by atomic mass is 9.91. The van der Waals surface area contributed by atoms with E-state index in [2.05, 4.69) is 15.0 Å². The first-order chi connectivity index (χ1) is 14.3. The molecular formula is C23H24N4O2. The molecule has 6 nitrogen and oxygen atoms in total. The van der Waals surface area contributed by atoms with E-state index in [-0.39, 0.29) is 11.8 Å². The molecule has 1 fully saturated rings. The Balaban J connectivity index is 1.57. The molecule has 1 saturated heterocycles. The van der Waals surface area contributed by atoms with Gasteiger partial charge in [0.25, 0.3) is 0 Å². The Hall–Kier alpha value is -3.28. The maximum absolute atomic E-state index is 12.8. The summed E-state index contributed by atoms with van der Waals surface area (Å²) in [7, 11) is 1.66. The lowest BCUT2D eigenvalue weighted by Crippen LogP contribution is -2.40. The highest BCUT2D eigenvalue weighted by atomic mass is 16.5. The van der Waals surface area contributed by atoms with Crippen LogP contribution < -0.4 is 4.74 Å². The number of carbonyl (C=O) groups is 1. The molecule has 148 valence electrons. The minimum Gasteiger partial charge on any atom is -0.496 e. The quantitative estimate of drug-likeness (QED) is 0.669. The zero-order chi connectivity index (χ0) is 20.1. The third-order valence-electron chi connectivity index (χ3n) is 5.35. The number of likely N-dealkylation sites (tertiary alicyclic amines) is 1. The normalized spacial score (nSPS) is 16.4. The van der Waals surface area contributed by atoms with Crippen LogP contribution in [0.3, 0.4) is 0 Å². The van der Waals surface area contributed by atoms with Crippen LogP contribution >= 0.6 is 0 Å². The molecule has 1 atom stereocenters. The number of piperidine rings is 1. The Kier molecular flexibility index (Phi) is 5.79. The zero-order valence-corrected chi connectivity index (χ0v) is 16.5. The van der Waals surface area contributed by atoms with Gasteiger partial charge in [0, 0.05) is 49.4 Å². The monoisotopic (exact) mass is 388 g/mol. The Morgan fingerprint density at radius 3 is 2.72 bits per heavy atom. The Labute approximate surface area is 170 Å². The Morgan fingerprint density at radius 1 is 1.10 bits per heavy atom. The minimum absolute atomic E-state index is 0.142. The molecule has 0 N–H and O–H groups in total. The molecule has 1 amide bonds. The summed E-state index contributed by atoms with van der Waals surface area (Å²) in [5.74, 6) is 1.07. The van der Waals surface area contributed by atoms with Gasteiger partial charge < -0.3 is 9.64 Å². The molecule has 0 spiro atoms. The first-order valence-corrected chi connectivity index (χ1v) is 9.87. The second kappa shape index (κ2) is 8.82. The fourth-order valence-electron chi connectivity index (χ4n) is 3.91. The van der Waals surface area contributed by atoms with Crippen LogP contribution in [0.5, 0.6) is 5.75 Å². The number of benzene rings is 1. The average Bonchev–Trinajstić information content (AvgIpc) is 2.80. The van der Waals surface area contributed by atoms with Gasteiger partial charge in [-0.05, 0) is 42.7 Å². The van der Waals surface area contributed by atoms with Gasteiger partial charge in [-0.2, -0.15) is 0 Å². The Morgan fingerprint density at radius 2 is 1.90 bits per heavy atom. The van der Waals surface area contributed by atoms with E-state index in [1.807, 2.05) is 41.3 Å². The van der Waals surface area contributed by atoms with Crippen LogP contribution in [0.15, 0.2) is 61.2 Å². The van der Waals surface area contributed by atoms with Crippen LogP contribution in [0.2, 0.25) is 0 Å². The maximum Gasteiger partial charge on any atom is 0.227 e. The predicted molar refractivity (Wildman–Crippen MR) is 111 cm³/mol. The highest BCUT2D eigenvalue weighted by molar-refractivity contribution is 5.79. The summed E-state index contributed by atoms with van der Waals surface area (Å²) in [4.78, 5) is 28.1. The zero-order valence-electron chi connectivity index (χ0n) is 16.5. The van der Waals surface area contributed by atoms with Crippen molar-refractivity contribution >= 4 is 5.91 Å². The van der Waals surface area contributed by atoms with E-state index in [4.69, 9.17) is 4.74 Å². The Bertz CT molecular complexity index is 977. The van der Waals surface area contributed by atoms with Crippen LogP contribution in [-0.2, 0) is 11.2 Å². The summed E-state index contributed by atoms with van der Waals surface area (Å²) in [5, 5.41) is 0. The van der Waals surface area contributed by atoms with E-state index in [1.54, 1.807) is 31.9 Å². The number of hydrogen-bond acceptors (Lipinski definition) is 5. The first-order valence-electron chi connectivity index (χ1n) is 9.87. The van der Waals surface area contributed by atoms with Gasteiger partial charge in [0.1, 0.15) is 5.75 Å². The molecule has 2 aromatic heterocycles. The van der Waals surface area contributed by atoms with Gasteiger partial charge in [-0.15, -0.1) is 0 Å². The number of nitrogens with zero attached hydrogens (tertiary/aromatic N) is 4. The third kappa shape index (κ3) is 4.26. The smallest absolute Gasteiger partial charge is 0.227 e. The molecule has 0 unspecified atom stereocenters. The standard InChI is InChI=1S/C23H24N4O2/c1-29-20-7-3-2-6-19(20)23-22(25-12-13-26-23)18-5-4-14-27(16-18)21(28)15-17-8-10-24-11-9-17/h2-3,6-13,18H,4-5,14-16H2,1H3/t18-/m0/s1. The van der Waals surface area contributed by atoms with Crippen molar-refractivity contribution in [1.29, 1.82) is 0 Å².